The average molecular weight is 459 g/mol. The van der Waals surface area contributed by atoms with Crippen LogP contribution in [0.3, 0.4) is 0 Å². The van der Waals surface area contributed by atoms with E-state index in [1.54, 1.807) is 0 Å². The maximum atomic E-state index is 6.20. The molecule has 0 saturated heterocycles. The van der Waals surface area contributed by atoms with Crippen LogP contribution in [0.4, 0.5) is 5.69 Å². The molecule has 4 nitrogen and oxygen atoms in total. The van der Waals surface area contributed by atoms with Gasteiger partial charge in [0.1, 0.15) is 0 Å². The largest absolute Gasteiger partial charge is 0.382 e. The first-order valence-electron chi connectivity index (χ1n) is 9.39. The molecule has 2 rings (SSSR count). The molecule has 3 N–H and O–H groups in total. The molecule has 0 aliphatic heterocycles. The molecule has 1 aromatic carbocycles. The number of guanidine groups is 1. The highest BCUT2D eigenvalue weighted by atomic mass is 127. The lowest BCUT2D eigenvalue weighted by Gasteiger charge is -2.40. The molecular weight excluding hydrogens is 425 g/mol. The minimum absolute atomic E-state index is 0. The van der Waals surface area contributed by atoms with Gasteiger partial charge in [-0.15, -0.1) is 24.0 Å². The van der Waals surface area contributed by atoms with Crippen molar-refractivity contribution in [2.24, 2.45) is 16.1 Å². The van der Waals surface area contributed by atoms with Crippen LogP contribution < -0.4 is 11.1 Å². The SMILES string of the molecule is CCOCCC1(CN=C(N)Nc2c(CC)cccc2CC)CCC1.I. The van der Waals surface area contributed by atoms with Crippen LogP contribution in [0.15, 0.2) is 23.2 Å². The summed E-state index contributed by atoms with van der Waals surface area (Å²) in [6.07, 6.45) is 6.84. The summed E-state index contributed by atoms with van der Waals surface area (Å²) < 4.78 is 5.53. The van der Waals surface area contributed by atoms with Crippen molar-refractivity contribution in [3.63, 3.8) is 0 Å². The molecule has 0 amide bonds. The number of rotatable bonds is 9. The van der Waals surface area contributed by atoms with Crippen molar-refractivity contribution in [2.75, 3.05) is 25.1 Å². The van der Waals surface area contributed by atoms with Crippen LogP contribution in [0.5, 0.6) is 0 Å². The molecule has 0 unspecified atom stereocenters. The van der Waals surface area contributed by atoms with Crippen molar-refractivity contribution in [2.45, 2.75) is 59.3 Å². The first-order valence-corrected chi connectivity index (χ1v) is 9.39. The summed E-state index contributed by atoms with van der Waals surface area (Å²) in [7, 11) is 0. The zero-order valence-electron chi connectivity index (χ0n) is 15.9. The van der Waals surface area contributed by atoms with E-state index in [1.165, 1.54) is 30.4 Å². The first-order chi connectivity index (χ1) is 11.6. The van der Waals surface area contributed by atoms with Gasteiger partial charge in [-0.1, -0.05) is 38.5 Å². The Morgan fingerprint density at radius 1 is 1.20 bits per heavy atom. The van der Waals surface area contributed by atoms with Gasteiger partial charge in [-0.3, -0.25) is 4.99 Å². The highest BCUT2D eigenvalue weighted by Crippen LogP contribution is 2.44. The van der Waals surface area contributed by atoms with Crippen molar-refractivity contribution in [3.8, 4) is 0 Å². The molecule has 142 valence electrons. The number of nitrogens with zero attached hydrogens (tertiary/aromatic N) is 1. The fourth-order valence-electron chi connectivity index (χ4n) is 3.42. The van der Waals surface area contributed by atoms with Gasteiger partial charge in [-0.05, 0) is 55.6 Å². The number of halogens is 1. The second kappa shape index (κ2) is 11.0. The van der Waals surface area contributed by atoms with Gasteiger partial charge in [0.25, 0.3) is 0 Å². The van der Waals surface area contributed by atoms with Crippen molar-refractivity contribution in [1.29, 1.82) is 0 Å². The van der Waals surface area contributed by atoms with Crippen LogP contribution in [-0.4, -0.2) is 25.7 Å². The minimum atomic E-state index is 0. The van der Waals surface area contributed by atoms with Gasteiger partial charge in [-0.2, -0.15) is 0 Å². The molecule has 0 bridgehead atoms. The molecular formula is C20H34IN3O. The topological polar surface area (TPSA) is 59.6 Å². The first kappa shape index (κ1) is 22.2. The third-order valence-electron chi connectivity index (χ3n) is 5.23. The standard InChI is InChI=1S/C20H33N3O.HI/c1-4-16-9-7-10-17(5-2)18(16)23-19(21)22-15-20(11-8-12-20)13-14-24-6-3;/h7,9-10H,4-6,8,11-15H2,1-3H3,(H3,21,22,23);1H. The summed E-state index contributed by atoms with van der Waals surface area (Å²) in [5.74, 6) is 0.535. The molecule has 0 atom stereocenters. The van der Waals surface area contributed by atoms with Crippen molar-refractivity contribution >= 4 is 35.6 Å². The molecule has 5 heteroatoms. The number of para-hydroxylation sites is 1. The van der Waals surface area contributed by atoms with Gasteiger partial charge in [-0.25, -0.2) is 0 Å². The van der Waals surface area contributed by atoms with Crippen LogP contribution in [0.25, 0.3) is 0 Å². The van der Waals surface area contributed by atoms with Crippen molar-refractivity contribution < 1.29 is 4.74 Å². The van der Waals surface area contributed by atoms with Gasteiger partial charge >= 0.3 is 0 Å². The number of ether oxygens (including phenoxy) is 1. The van der Waals surface area contributed by atoms with E-state index < -0.39 is 0 Å². The molecule has 1 saturated carbocycles. The van der Waals surface area contributed by atoms with Gasteiger partial charge in [0.05, 0.1) is 0 Å². The van der Waals surface area contributed by atoms with E-state index in [4.69, 9.17) is 10.5 Å². The van der Waals surface area contributed by atoms with E-state index in [1.807, 2.05) is 6.92 Å². The molecule has 0 aromatic heterocycles. The zero-order valence-corrected chi connectivity index (χ0v) is 18.3. The molecule has 0 radical (unpaired) electrons. The molecule has 1 aromatic rings. The van der Waals surface area contributed by atoms with Gasteiger partial charge < -0.3 is 15.8 Å². The second-order valence-electron chi connectivity index (χ2n) is 6.79. The Morgan fingerprint density at radius 2 is 1.84 bits per heavy atom. The lowest BCUT2D eigenvalue weighted by Crippen LogP contribution is -2.35. The molecule has 25 heavy (non-hydrogen) atoms. The van der Waals surface area contributed by atoms with E-state index in [-0.39, 0.29) is 24.0 Å². The molecule has 0 spiro atoms. The van der Waals surface area contributed by atoms with Gasteiger partial charge in [0.15, 0.2) is 5.96 Å². The van der Waals surface area contributed by atoms with Crippen molar-refractivity contribution in [1.82, 2.24) is 0 Å². The van der Waals surface area contributed by atoms with E-state index >= 15 is 0 Å². The Balaban J connectivity index is 0.00000312. The highest BCUT2D eigenvalue weighted by Gasteiger charge is 2.36. The summed E-state index contributed by atoms with van der Waals surface area (Å²) in [6, 6.07) is 6.43. The third-order valence-corrected chi connectivity index (χ3v) is 5.23. The fraction of sp³-hybridized carbons (Fsp3) is 0.650. The lowest BCUT2D eigenvalue weighted by molar-refractivity contribution is 0.0610. The van der Waals surface area contributed by atoms with Crippen LogP contribution in [0, 0.1) is 5.41 Å². The van der Waals surface area contributed by atoms with E-state index in [0.717, 1.165) is 44.7 Å². The summed E-state index contributed by atoms with van der Waals surface area (Å²) >= 11 is 0. The number of nitrogens with two attached hydrogens (primary N) is 1. The number of hydrogen-bond acceptors (Lipinski definition) is 2. The number of aryl methyl sites for hydroxylation is 2. The van der Waals surface area contributed by atoms with E-state index in [0.29, 0.717) is 11.4 Å². The summed E-state index contributed by atoms with van der Waals surface area (Å²) in [6.45, 7) is 8.81. The van der Waals surface area contributed by atoms with Crippen LogP contribution in [0.2, 0.25) is 0 Å². The van der Waals surface area contributed by atoms with Crippen LogP contribution in [0.1, 0.15) is 57.6 Å². The number of benzene rings is 1. The van der Waals surface area contributed by atoms with E-state index in [9.17, 15) is 0 Å². The molecule has 1 aliphatic carbocycles. The predicted octanol–water partition coefficient (Wildman–Crippen LogP) is 4.75. The maximum absolute atomic E-state index is 6.20. The monoisotopic (exact) mass is 459 g/mol. The van der Waals surface area contributed by atoms with Crippen molar-refractivity contribution in [3.05, 3.63) is 29.3 Å². The lowest BCUT2D eigenvalue weighted by atomic mass is 9.67. The summed E-state index contributed by atoms with van der Waals surface area (Å²) in [5.41, 5.74) is 10.2. The van der Waals surface area contributed by atoms with Gasteiger partial charge in [0.2, 0.25) is 0 Å². The predicted molar refractivity (Wildman–Crippen MR) is 118 cm³/mol. The quantitative estimate of drug-likeness (QED) is 0.243. The number of nitrogens with one attached hydrogen (secondary N) is 1. The Labute approximate surface area is 170 Å². The highest BCUT2D eigenvalue weighted by molar-refractivity contribution is 14.0. The third kappa shape index (κ3) is 6.13. The van der Waals surface area contributed by atoms with Gasteiger partial charge in [0, 0.05) is 25.4 Å². The second-order valence-corrected chi connectivity index (χ2v) is 6.79. The molecule has 1 aliphatic rings. The Kier molecular flexibility index (Phi) is 9.79. The fourth-order valence-corrected chi connectivity index (χ4v) is 3.42. The minimum Gasteiger partial charge on any atom is -0.382 e. The average Bonchev–Trinajstić information content (AvgIpc) is 2.56. The Morgan fingerprint density at radius 3 is 2.32 bits per heavy atom. The zero-order chi connectivity index (χ0) is 17.4. The summed E-state index contributed by atoms with van der Waals surface area (Å²) in [5, 5.41) is 3.37. The smallest absolute Gasteiger partial charge is 0.193 e. The van der Waals surface area contributed by atoms with E-state index in [2.05, 4.69) is 42.4 Å². The molecule has 1 fully saturated rings. The number of anilines is 1. The Hall–Kier alpha value is -0.820. The summed E-state index contributed by atoms with van der Waals surface area (Å²) in [4.78, 5) is 4.67. The maximum Gasteiger partial charge on any atom is 0.193 e. The van der Waals surface area contributed by atoms with Crippen LogP contribution in [-0.2, 0) is 17.6 Å². The van der Waals surface area contributed by atoms with Crippen LogP contribution >= 0.6 is 24.0 Å². The normalized spacial score (nSPS) is 16.0. The number of hydrogen-bond donors (Lipinski definition) is 2. The Bertz CT molecular complexity index is 534. The number of aliphatic imine (C=N–C) groups is 1. The molecule has 0 heterocycles.